The Balaban J connectivity index is 1.92. The van der Waals surface area contributed by atoms with Gasteiger partial charge < -0.3 is 10.2 Å². The maximum Gasteiger partial charge on any atom is 0.185 e. The molecule has 0 saturated carbocycles. The first-order valence-corrected chi connectivity index (χ1v) is 7.81. The normalized spacial score (nSPS) is 17.8. The van der Waals surface area contributed by atoms with Gasteiger partial charge in [0.05, 0.1) is 0 Å². The Morgan fingerprint density at radius 1 is 1.22 bits per heavy atom. The maximum absolute atomic E-state index is 4.59. The van der Waals surface area contributed by atoms with Crippen molar-refractivity contribution in [3.05, 3.63) is 11.1 Å². The van der Waals surface area contributed by atoms with Gasteiger partial charge in [-0.25, -0.2) is 4.98 Å². The minimum atomic E-state index is 0.173. The summed E-state index contributed by atoms with van der Waals surface area (Å²) >= 11 is 1.84. The lowest BCUT2D eigenvalue weighted by Gasteiger charge is -2.20. The zero-order valence-corrected chi connectivity index (χ0v) is 12.6. The summed E-state index contributed by atoms with van der Waals surface area (Å²) in [6.07, 6.45) is 7.41. The first-order chi connectivity index (χ1) is 8.54. The van der Waals surface area contributed by atoms with Crippen LogP contribution in [-0.4, -0.2) is 23.6 Å². The van der Waals surface area contributed by atoms with Gasteiger partial charge in [-0.3, -0.25) is 0 Å². The second kappa shape index (κ2) is 6.02. The Bertz CT molecular complexity index is 359. The summed E-state index contributed by atoms with van der Waals surface area (Å²) in [6, 6.07) is 0. The molecular formula is C14H25N3S. The van der Waals surface area contributed by atoms with E-state index >= 15 is 0 Å². The molecule has 0 aromatic carbocycles. The van der Waals surface area contributed by atoms with Crippen molar-refractivity contribution in [2.75, 3.05) is 18.0 Å². The minimum Gasteiger partial charge on any atom is -0.348 e. The van der Waals surface area contributed by atoms with E-state index in [9.17, 15) is 0 Å². The molecule has 0 amide bonds. The molecule has 102 valence electrons. The van der Waals surface area contributed by atoms with E-state index < -0.39 is 0 Å². The summed E-state index contributed by atoms with van der Waals surface area (Å²) in [5.41, 5.74) is 0.173. The monoisotopic (exact) mass is 267 g/mol. The number of nitrogens with one attached hydrogen (secondary N) is 1. The predicted octanol–water partition coefficient (Wildman–Crippen LogP) is 3.41. The number of hydrogen-bond acceptors (Lipinski definition) is 4. The number of thiazole rings is 1. The third-order valence-electron chi connectivity index (χ3n) is 3.21. The van der Waals surface area contributed by atoms with Crippen LogP contribution in [0.3, 0.4) is 0 Å². The minimum absolute atomic E-state index is 0.173. The summed E-state index contributed by atoms with van der Waals surface area (Å²) in [4.78, 5) is 8.38. The average Bonchev–Trinajstić information content (AvgIpc) is 2.60. The lowest BCUT2D eigenvalue weighted by Crippen LogP contribution is -2.34. The van der Waals surface area contributed by atoms with Gasteiger partial charge in [-0.2, -0.15) is 0 Å². The van der Waals surface area contributed by atoms with Gasteiger partial charge in [0.25, 0.3) is 0 Å². The largest absolute Gasteiger partial charge is 0.348 e. The molecule has 1 aromatic rings. The van der Waals surface area contributed by atoms with Gasteiger partial charge in [0, 0.05) is 36.2 Å². The third-order valence-corrected chi connectivity index (χ3v) is 4.27. The van der Waals surface area contributed by atoms with Crippen LogP contribution in [-0.2, 0) is 6.54 Å². The average molecular weight is 267 g/mol. The predicted molar refractivity (Wildman–Crippen MR) is 79.4 cm³/mol. The van der Waals surface area contributed by atoms with Crippen molar-refractivity contribution in [2.45, 2.75) is 58.5 Å². The van der Waals surface area contributed by atoms with Gasteiger partial charge in [0.2, 0.25) is 0 Å². The van der Waals surface area contributed by atoms with E-state index in [1.165, 1.54) is 48.8 Å². The molecular weight excluding hydrogens is 242 g/mol. The van der Waals surface area contributed by atoms with Crippen molar-refractivity contribution >= 4 is 16.5 Å². The smallest absolute Gasteiger partial charge is 0.185 e. The summed E-state index contributed by atoms with van der Waals surface area (Å²) < 4.78 is 0. The topological polar surface area (TPSA) is 28.2 Å². The first kappa shape index (κ1) is 13.8. The van der Waals surface area contributed by atoms with Gasteiger partial charge in [-0.1, -0.05) is 12.8 Å². The molecule has 1 fully saturated rings. The molecule has 4 heteroatoms. The van der Waals surface area contributed by atoms with Crippen LogP contribution in [0.1, 0.15) is 51.3 Å². The molecule has 1 saturated heterocycles. The molecule has 0 spiro atoms. The fraction of sp³-hybridized carbons (Fsp3) is 0.786. The van der Waals surface area contributed by atoms with E-state index in [0.717, 1.165) is 6.54 Å². The van der Waals surface area contributed by atoms with Crippen molar-refractivity contribution in [1.82, 2.24) is 10.3 Å². The van der Waals surface area contributed by atoms with Gasteiger partial charge in [0.1, 0.15) is 0 Å². The van der Waals surface area contributed by atoms with Crippen molar-refractivity contribution < 1.29 is 0 Å². The van der Waals surface area contributed by atoms with Crippen LogP contribution < -0.4 is 10.2 Å². The standard InChI is InChI=1S/C14H25N3S/c1-14(2,3)16-11-12-10-15-13(18-12)17-8-6-4-5-7-9-17/h10,16H,4-9,11H2,1-3H3. The molecule has 0 bridgehead atoms. The molecule has 1 N–H and O–H groups in total. The van der Waals surface area contributed by atoms with Gasteiger partial charge in [-0.05, 0) is 33.6 Å². The van der Waals surface area contributed by atoms with E-state index in [0.29, 0.717) is 0 Å². The number of aromatic nitrogens is 1. The van der Waals surface area contributed by atoms with Crippen molar-refractivity contribution in [3.63, 3.8) is 0 Å². The molecule has 0 unspecified atom stereocenters. The lowest BCUT2D eigenvalue weighted by atomic mass is 10.1. The quantitative estimate of drug-likeness (QED) is 0.909. The Labute approximate surface area is 115 Å². The molecule has 18 heavy (non-hydrogen) atoms. The maximum atomic E-state index is 4.59. The second-order valence-corrected chi connectivity index (χ2v) is 7.21. The van der Waals surface area contributed by atoms with E-state index in [1.54, 1.807) is 0 Å². The van der Waals surface area contributed by atoms with Crippen molar-refractivity contribution in [1.29, 1.82) is 0 Å². The van der Waals surface area contributed by atoms with Crippen LogP contribution in [0, 0.1) is 0 Å². The second-order valence-electron chi connectivity index (χ2n) is 6.11. The van der Waals surface area contributed by atoms with Crippen LogP contribution in [0.4, 0.5) is 5.13 Å². The molecule has 2 heterocycles. The molecule has 0 aliphatic carbocycles. The molecule has 2 rings (SSSR count). The van der Waals surface area contributed by atoms with E-state index in [2.05, 4.69) is 36.0 Å². The van der Waals surface area contributed by atoms with E-state index in [1.807, 2.05) is 17.5 Å². The highest BCUT2D eigenvalue weighted by molar-refractivity contribution is 7.15. The highest BCUT2D eigenvalue weighted by Crippen LogP contribution is 2.25. The van der Waals surface area contributed by atoms with Crippen LogP contribution in [0.5, 0.6) is 0 Å². The Kier molecular flexibility index (Phi) is 4.62. The zero-order valence-electron chi connectivity index (χ0n) is 11.8. The van der Waals surface area contributed by atoms with E-state index in [4.69, 9.17) is 0 Å². The van der Waals surface area contributed by atoms with Crippen LogP contribution >= 0.6 is 11.3 Å². The Hall–Kier alpha value is -0.610. The Morgan fingerprint density at radius 3 is 2.50 bits per heavy atom. The summed E-state index contributed by atoms with van der Waals surface area (Å²) in [5, 5.41) is 4.73. The lowest BCUT2D eigenvalue weighted by molar-refractivity contribution is 0.426. The van der Waals surface area contributed by atoms with Crippen LogP contribution in [0.2, 0.25) is 0 Å². The molecule has 1 aliphatic rings. The molecule has 1 aliphatic heterocycles. The molecule has 0 atom stereocenters. The third kappa shape index (κ3) is 4.25. The summed E-state index contributed by atoms with van der Waals surface area (Å²) in [6.45, 7) is 9.88. The van der Waals surface area contributed by atoms with Gasteiger partial charge in [0.15, 0.2) is 5.13 Å². The molecule has 1 aromatic heterocycles. The van der Waals surface area contributed by atoms with Gasteiger partial charge >= 0.3 is 0 Å². The molecule has 3 nitrogen and oxygen atoms in total. The SMILES string of the molecule is CC(C)(C)NCc1cnc(N2CCCCCC2)s1. The highest BCUT2D eigenvalue weighted by Gasteiger charge is 2.14. The zero-order chi connectivity index (χ0) is 13.0. The summed E-state index contributed by atoms with van der Waals surface area (Å²) in [5.74, 6) is 0. The van der Waals surface area contributed by atoms with Crippen molar-refractivity contribution in [3.8, 4) is 0 Å². The fourth-order valence-electron chi connectivity index (χ4n) is 2.14. The number of rotatable bonds is 3. The van der Waals surface area contributed by atoms with Crippen LogP contribution in [0.15, 0.2) is 6.20 Å². The summed E-state index contributed by atoms with van der Waals surface area (Å²) in [7, 11) is 0. The fourth-order valence-corrected chi connectivity index (χ4v) is 3.04. The van der Waals surface area contributed by atoms with Gasteiger partial charge in [-0.15, -0.1) is 11.3 Å². The highest BCUT2D eigenvalue weighted by atomic mass is 32.1. The number of anilines is 1. The van der Waals surface area contributed by atoms with E-state index in [-0.39, 0.29) is 5.54 Å². The first-order valence-electron chi connectivity index (χ1n) is 6.99. The van der Waals surface area contributed by atoms with Crippen molar-refractivity contribution in [2.24, 2.45) is 0 Å². The Morgan fingerprint density at radius 2 is 1.89 bits per heavy atom. The number of hydrogen-bond donors (Lipinski definition) is 1. The number of nitrogens with zero attached hydrogens (tertiary/aromatic N) is 2. The van der Waals surface area contributed by atoms with Crippen LogP contribution in [0.25, 0.3) is 0 Å². The molecule has 0 radical (unpaired) electrons.